The molecular formula is C15H20N2O2. The Bertz CT molecular complexity index is 501. The maximum atomic E-state index is 12.2. The molecule has 2 aliphatic rings. The second kappa shape index (κ2) is 4.85. The van der Waals surface area contributed by atoms with Gasteiger partial charge in [0.2, 0.25) is 5.91 Å². The highest BCUT2D eigenvalue weighted by molar-refractivity contribution is 5.96. The molecule has 0 saturated carbocycles. The lowest BCUT2D eigenvalue weighted by Gasteiger charge is -2.31. The van der Waals surface area contributed by atoms with Crippen LogP contribution in [-0.2, 0) is 16.0 Å². The van der Waals surface area contributed by atoms with Crippen LogP contribution in [0.15, 0.2) is 18.2 Å². The summed E-state index contributed by atoms with van der Waals surface area (Å²) in [5.41, 5.74) is 8.76. The molecule has 0 spiro atoms. The van der Waals surface area contributed by atoms with Crippen LogP contribution in [-0.4, -0.2) is 24.7 Å². The fourth-order valence-corrected chi connectivity index (χ4v) is 3.00. The average molecular weight is 260 g/mol. The van der Waals surface area contributed by atoms with Gasteiger partial charge in [0, 0.05) is 17.8 Å². The van der Waals surface area contributed by atoms with Gasteiger partial charge in [-0.05, 0) is 49.9 Å². The third kappa shape index (κ3) is 2.45. The monoisotopic (exact) mass is 260 g/mol. The Hall–Kier alpha value is -1.55. The summed E-state index contributed by atoms with van der Waals surface area (Å²) in [6.07, 6.45) is 3.96. The molecule has 102 valence electrons. The van der Waals surface area contributed by atoms with E-state index in [0.717, 1.165) is 30.6 Å². The highest BCUT2D eigenvalue weighted by atomic mass is 16.5. The van der Waals surface area contributed by atoms with Gasteiger partial charge in [-0.25, -0.2) is 0 Å². The molecule has 2 aliphatic heterocycles. The molecule has 0 aromatic heterocycles. The number of amides is 1. The summed E-state index contributed by atoms with van der Waals surface area (Å²) >= 11 is 0. The van der Waals surface area contributed by atoms with Crippen molar-refractivity contribution in [1.29, 1.82) is 0 Å². The maximum Gasteiger partial charge on any atom is 0.227 e. The lowest BCUT2D eigenvalue weighted by atomic mass is 10.00. The Morgan fingerprint density at radius 1 is 1.37 bits per heavy atom. The molecule has 4 nitrogen and oxygen atoms in total. The first-order chi connectivity index (χ1) is 9.13. The molecule has 19 heavy (non-hydrogen) atoms. The number of carbonyl (C=O) groups excluding carboxylic acids is 1. The van der Waals surface area contributed by atoms with Crippen LogP contribution >= 0.6 is 0 Å². The first-order valence-electron chi connectivity index (χ1n) is 6.97. The van der Waals surface area contributed by atoms with E-state index in [1.54, 1.807) is 0 Å². The quantitative estimate of drug-likeness (QED) is 0.829. The Morgan fingerprint density at radius 3 is 2.95 bits per heavy atom. The number of ether oxygens (including phenoxy) is 1. The van der Waals surface area contributed by atoms with Gasteiger partial charge in [0.15, 0.2) is 0 Å². The second-order valence-electron chi connectivity index (χ2n) is 5.54. The van der Waals surface area contributed by atoms with Crippen LogP contribution < -0.4 is 10.6 Å². The number of carbonyl (C=O) groups is 1. The molecule has 2 N–H and O–H groups in total. The number of nitrogens with two attached hydrogens (primary N) is 1. The van der Waals surface area contributed by atoms with Crippen molar-refractivity contribution in [3.63, 3.8) is 0 Å². The minimum atomic E-state index is 0.169. The van der Waals surface area contributed by atoms with Gasteiger partial charge in [-0.2, -0.15) is 0 Å². The summed E-state index contributed by atoms with van der Waals surface area (Å²) in [5.74, 6) is 0.195. The van der Waals surface area contributed by atoms with Crippen molar-refractivity contribution in [2.75, 3.05) is 17.2 Å². The summed E-state index contributed by atoms with van der Waals surface area (Å²) in [6, 6.07) is 5.80. The highest BCUT2D eigenvalue weighted by Crippen LogP contribution is 2.31. The molecule has 3 rings (SSSR count). The second-order valence-corrected chi connectivity index (χ2v) is 5.54. The van der Waals surface area contributed by atoms with Gasteiger partial charge in [0.25, 0.3) is 0 Å². The zero-order valence-electron chi connectivity index (χ0n) is 11.3. The Balaban J connectivity index is 1.82. The van der Waals surface area contributed by atoms with E-state index in [1.165, 1.54) is 5.56 Å². The van der Waals surface area contributed by atoms with Gasteiger partial charge in [0.05, 0.1) is 18.8 Å². The average Bonchev–Trinajstić information content (AvgIpc) is 2.78. The lowest BCUT2D eigenvalue weighted by molar-refractivity contribution is -0.119. The van der Waals surface area contributed by atoms with Crippen molar-refractivity contribution in [3.8, 4) is 0 Å². The SMILES string of the molecule is CC1CCC(CN2C(=O)CCc3cc(N)ccc32)O1. The maximum absolute atomic E-state index is 12.2. The van der Waals surface area contributed by atoms with E-state index in [4.69, 9.17) is 10.5 Å². The molecule has 0 aliphatic carbocycles. The standard InChI is InChI=1S/C15H20N2O2/c1-10-2-5-13(19-10)9-17-14-6-4-12(16)8-11(14)3-7-15(17)18/h4,6,8,10,13H,2-3,5,7,9,16H2,1H3. The molecule has 4 heteroatoms. The van der Waals surface area contributed by atoms with Crippen molar-refractivity contribution >= 4 is 17.3 Å². The van der Waals surface area contributed by atoms with E-state index in [-0.39, 0.29) is 12.0 Å². The van der Waals surface area contributed by atoms with Crippen molar-refractivity contribution in [2.24, 2.45) is 0 Å². The van der Waals surface area contributed by atoms with Gasteiger partial charge < -0.3 is 15.4 Å². The number of rotatable bonds is 2. The zero-order valence-corrected chi connectivity index (χ0v) is 11.3. The molecule has 2 unspecified atom stereocenters. The summed E-state index contributed by atoms with van der Waals surface area (Å²) in [7, 11) is 0. The first kappa shape index (κ1) is 12.5. The fourth-order valence-electron chi connectivity index (χ4n) is 3.00. The number of nitrogens with zero attached hydrogens (tertiary/aromatic N) is 1. The van der Waals surface area contributed by atoms with Gasteiger partial charge in [-0.1, -0.05) is 0 Å². The van der Waals surface area contributed by atoms with E-state index in [1.807, 2.05) is 23.1 Å². The summed E-state index contributed by atoms with van der Waals surface area (Å²) < 4.78 is 5.83. The normalized spacial score (nSPS) is 26.6. The minimum Gasteiger partial charge on any atom is -0.399 e. The number of hydrogen-bond acceptors (Lipinski definition) is 3. The molecular weight excluding hydrogens is 240 g/mol. The molecule has 0 radical (unpaired) electrons. The van der Waals surface area contributed by atoms with Crippen molar-refractivity contribution in [1.82, 2.24) is 0 Å². The van der Waals surface area contributed by atoms with Crippen LogP contribution in [0.1, 0.15) is 31.7 Å². The third-order valence-corrected chi connectivity index (χ3v) is 4.01. The highest BCUT2D eigenvalue weighted by Gasteiger charge is 2.30. The van der Waals surface area contributed by atoms with Gasteiger partial charge in [-0.3, -0.25) is 4.79 Å². The van der Waals surface area contributed by atoms with E-state index >= 15 is 0 Å². The number of nitrogen functional groups attached to an aromatic ring is 1. The van der Waals surface area contributed by atoms with Gasteiger partial charge in [0.1, 0.15) is 0 Å². The van der Waals surface area contributed by atoms with Gasteiger partial charge in [-0.15, -0.1) is 0 Å². The molecule has 1 saturated heterocycles. The van der Waals surface area contributed by atoms with Crippen molar-refractivity contribution in [3.05, 3.63) is 23.8 Å². The minimum absolute atomic E-state index is 0.169. The molecule has 2 heterocycles. The van der Waals surface area contributed by atoms with Crippen LogP contribution in [0, 0.1) is 0 Å². The van der Waals surface area contributed by atoms with Gasteiger partial charge >= 0.3 is 0 Å². The molecule has 1 aromatic carbocycles. The molecule has 1 fully saturated rings. The van der Waals surface area contributed by atoms with Crippen LogP contribution in [0.4, 0.5) is 11.4 Å². The topological polar surface area (TPSA) is 55.6 Å². The largest absolute Gasteiger partial charge is 0.399 e. The van der Waals surface area contributed by atoms with E-state index in [9.17, 15) is 4.79 Å². The van der Waals surface area contributed by atoms with E-state index in [0.29, 0.717) is 19.1 Å². The summed E-state index contributed by atoms with van der Waals surface area (Å²) in [6.45, 7) is 2.76. The third-order valence-electron chi connectivity index (χ3n) is 4.01. The predicted octanol–water partition coefficient (Wildman–Crippen LogP) is 2.12. The number of aryl methyl sites for hydroxylation is 1. The summed E-state index contributed by atoms with van der Waals surface area (Å²) in [5, 5.41) is 0. The van der Waals surface area contributed by atoms with Crippen molar-refractivity contribution < 1.29 is 9.53 Å². The Kier molecular flexibility index (Phi) is 3.19. The molecule has 2 atom stereocenters. The smallest absolute Gasteiger partial charge is 0.227 e. The molecule has 1 amide bonds. The fraction of sp³-hybridized carbons (Fsp3) is 0.533. The van der Waals surface area contributed by atoms with E-state index in [2.05, 4.69) is 6.92 Å². The Labute approximate surface area is 113 Å². The number of anilines is 2. The number of benzene rings is 1. The van der Waals surface area contributed by atoms with Crippen LogP contribution in [0.5, 0.6) is 0 Å². The zero-order chi connectivity index (χ0) is 13.4. The predicted molar refractivity (Wildman–Crippen MR) is 75.1 cm³/mol. The van der Waals surface area contributed by atoms with Crippen molar-refractivity contribution in [2.45, 2.75) is 44.8 Å². The van der Waals surface area contributed by atoms with Crippen LogP contribution in [0.3, 0.4) is 0 Å². The van der Waals surface area contributed by atoms with E-state index < -0.39 is 0 Å². The number of fused-ring (bicyclic) bond motifs is 1. The van der Waals surface area contributed by atoms with Crippen LogP contribution in [0.2, 0.25) is 0 Å². The molecule has 0 bridgehead atoms. The number of hydrogen-bond donors (Lipinski definition) is 1. The molecule has 1 aromatic rings. The summed E-state index contributed by atoms with van der Waals surface area (Å²) in [4.78, 5) is 14.0. The first-order valence-corrected chi connectivity index (χ1v) is 6.97. The van der Waals surface area contributed by atoms with Crippen LogP contribution in [0.25, 0.3) is 0 Å². The lowest BCUT2D eigenvalue weighted by Crippen LogP contribution is -2.40. The Morgan fingerprint density at radius 2 is 2.21 bits per heavy atom.